The van der Waals surface area contributed by atoms with Crippen LogP contribution in [0.15, 0.2) is 30.3 Å². The van der Waals surface area contributed by atoms with Gasteiger partial charge in [0.05, 0.1) is 6.04 Å². The standard InChI is InChI=1S/C15H24N2O/c1-3-8-13(16)11-15(18)17-14(4-2)12-9-6-5-7-10-12/h5-7,9-10,13-14H,3-4,8,11,16H2,1-2H3,(H,17,18). The molecule has 0 heterocycles. The van der Waals surface area contributed by atoms with Gasteiger partial charge in [-0.3, -0.25) is 4.79 Å². The van der Waals surface area contributed by atoms with E-state index in [1.807, 2.05) is 30.3 Å². The number of nitrogens with one attached hydrogen (secondary N) is 1. The number of rotatable bonds is 7. The second-order valence-electron chi connectivity index (χ2n) is 4.69. The predicted octanol–water partition coefficient (Wildman–Crippen LogP) is 2.77. The first-order valence-corrected chi connectivity index (χ1v) is 6.77. The van der Waals surface area contributed by atoms with Crippen molar-refractivity contribution in [2.24, 2.45) is 5.73 Å². The van der Waals surface area contributed by atoms with Gasteiger partial charge in [-0.25, -0.2) is 0 Å². The zero-order chi connectivity index (χ0) is 13.4. The van der Waals surface area contributed by atoms with Crippen LogP contribution in [0.2, 0.25) is 0 Å². The lowest BCUT2D eigenvalue weighted by molar-refractivity contribution is -0.122. The third kappa shape index (κ3) is 4.88. The van der Waals surface area contributed by atoms with Crippen LogP contribution in [0.4, 0.5) is 0 Å². The van der Waals surface area contributed by atoms with Gasteiger partial charge in [0.2, 0.25) is 5.91 Å². The van der Waals surface area contributed by atoms with Gasteiger partial charge in [-0.1, -0.05) is 50.6 Å². The van der Waals surface area contributed by atoms with Gasteiger partial charge >= 0.3 is 0 Å². The second-order valence-corrected chi connectivity index (χ2v) is 4.69. The summed E-state index contributed by atoms with van der Waals surface area (Å²) in [5.41, 5.74) is 7.03. The molecule has 3 N–H and O–H groups in total. The van der Waals surface area contributed by atoms with Crippen molar-refractivity contribution in [3.63, 3.8) is 0 Å². The summed E-state index contributed by atoms with van der Waals surface area (Å²) in [6, 6.07) is 10.1. The molecule has 3 heteroatoms. The van der Waals surface area contributed by atoms with Crippen LogP contribution >= 0.6 is 0 Å². The lowest BCUT2D eigenvalue weighted by atomic mass is 10.0. The van der Waals surface area contributed by atoms with Crippen molar-refractivity contribution >= 4 is 5.91 Å². The molecule has 3 nitrogen and oxygen atoms in total. The number of carbonyl (C=O) groups is 1. The Balaban J connectivity index is 2.51. The van der Waals surface area contributed by atoms with Crippen LogP contribution in [0.3, 0.4) is 0 Å². The molecule has 100 valence electrons. The van der Waals surface area contributed by atoms with E-state index in [0.717, 1.165) is 24.8 Å². The Labute approximate surface area is 110 Å². The molecule has 2 atom stereocenters. The molecular weight excluding hydrogens is 224 g/mol. The topological polar surface area (TPSA) is 55.1 Å². The van der Waals surface area contributed by atoms with Crippen molar-refractivity contribution in [3.05, 3.63) is 35.9 Å². The Morgan fingerprint density at radius 3 is 2.50 bits per heavy atom. The fraction of sp³-hybridized carbons (Fsp3) is 0.533. The maximum absolute atomic E-state index is 11.9. The van der Waals surface area contributed by atoms with E-state index >= 15 is 0 Å². The van der Waals surface area contributed by atoms with E-state index in [9.17, 15) is 4.79 Å². The van der Waals surface area contributed by atoms with E-state index in [1.54, 1.807) is 0 Å². The van der Waals surface area contributed by atoms with Crippen LogP contribution in [0.5, 0.6) is 0 Å². The second kappa shape index (κ2) is 7.88. The molecule has 0 saturated carbocycles. The summed E-state index contributed by atoms with van der Waals surface area (Å²) in [6.07, 6.45) is 3.22. The maximum Gasteiger partial charge on any atom is 0.222 e. The first kappa shape index (κ1) is 14.7. The highest BCUT2D eigenvalue weighted by Gasteiger charge is 2.14. The highest BCUT2D eigenvalue weighted by Crippen LogP contribution is 2.16. The van der Waals surface area contributed by atoms with Crippen molar-refractivity contribution in [3.8, 4) is 0 Å². The van der Waals surface area contributed by atoms with Crippen LogP contribution < -0.4 is 11.1 Å². The third-order valence-electron chi connectivity index (χ3n) is 3.05. The van der Waals surface area contributed by atoms with Gasteiger partial charge in [0.15, 0.2) is 0 Å². The van der Waals surface area contributed by atoms with Gasteiger partial charge in [0.1, 0.15) is 0 Å². The van der Waals surface area contributed by atoms with Crippen LogP contribution in [0.25, 0.3) is 0 Å². The van der Waals surface area contributed by atoms with Gasteiger partial charge in [-0.15, -0.1) is 0 Å². The number of amides is 1. The predicted molar refractivity (Wildman–Crippen MR) is 75.1 cm³/mol. The molecule has 2 unspecified atom stereocenters. The monoisotopic (exact) mass is 248 g/mol. The molecule has 0 aliphatic rings. The highest BCUT2D eigenvalue weighted by molar-refractivity contribution is 5.77. The molecule has 0 spiro atoms. The number of hydrogen-bond donors (Lipinski definition) is 2. The largest absolute Gasteiger partial charge is 0.349 e. The molecular formula is C15H24N2O. The van der Waals surface area contributed by atoms with Gasteiger partial charge in [0.25, 0.3) is 0 Å². The summed E-state index contributed by atoms with van der Waals surface area (Å²) < 4.78 is 0. The van der Waals surface area contributed by atoms with Crippen molar-refractivity contribution in [1.29, 1.82) is 0 Å². The molecule has 0 aliphatic carbocycles. The fourth-order valence-corrected chi connectivity index (χ4v) is 2.07. The summed E-state index contributed by atoms with van der Waals surface area (Å²) in [5, 5.41) is 3.05. The molecule has 1 rings (SSSR count). The van der Waals surface area contributed by atoms with E-state index < -0.39 is 0 Å². The number of nitrogens with two attached hydrogens (primary N) is 1. The SMILES string of the molecule is CCCC(N)CC(=O)NC(CC)c1ccccc1. The van der Waals surface area contributed by atoms with Gasteiger partial charge < -0.3 is 11.1 Å². The number of hydrogen-bond acceptors (Lipinski definition) is 2. The zero-order valence-electron chi connectivity index (χ0n) is 11.4. The summed E-state index contributed by atoms with van der Waals surface area (Å²) in [6.45, 7) is 4.15. The average Bonchev–Trinajstić information content (AvgIpc) is 2.37. The Kier molecular flexibility index (Phi) is 6.44. The third-order valence-corrected chi connectivity index (χ3v) is 3.05. The maximum atomic E-state index is 11.9. The molecule has 0 fully saturated rings. The lowest BCUT2D eigenvalue weighted by Gasteiger charge is -2.19. The average molecular weight is 248 g/mol. The van der Waals surface area contributed by atoms with Crippen molar-refractivity contribution in [1.82, 2.24) is 5.32 Å². The molecule has 0 radical (unpaired) electrons. The first-order chi connectivity index (χ1) is 8.67. The molecule has 1 amide bonds. The van der Waals surface area contributed by atoms with Crippen molar-refractivity contribution in [2.75, 3.05) is 0 Å². The summed E-state index contributed by atoms with van der Waals surface area (Å²) in [7, 11) is 0. The Hall–Kier alpha value is -1.35. The minimum absolute atomic E-state index is 0.0247. The Morgan fingerprint density at radius 1 is 1.28 bits per heavy atom. The molecule has 0 saturated heterocycles. The molecule has 0 aliphatic heterocycles. The van der Waals surface area contributed by atoms with E-state index in [1.165, 1.54) is 0 Å². The smallest absolute Gasteiger partial charge is 0.222 e. The van der Waals surface area contributed by atoms with Gasteiger partial charge in [0, 0.05) is 12.5 Å². The summed E-state index contributed by atoms with van der Waals surface area (Å²) in [4.78, 5) is 11.9. The van der Waals surface area contributed by atoms with E-state index in [2.05, 4.69) is 19.2 Å². The minimum Gasteiger partial charge on any atom is -0.349 e. The molecule has 1 aromatic carbocycles. The quantitative estimate of drug-likeness (QED) is 0.779. The van der Waals surface area contributed by atoms with Crippen LogP contribution in [-0.4, -0.2) is 11.9 Å². The zero-order valence-corrected chi connectivity index (χ0v) is 11.4. The summed E-state index contributed by atoms with van der Waals surface area (Å²) in [5.74, 6) is 0.0478. The molecule has 1 aromatic rings. The molecule has 18 heavy (non-hydrogen) atoms. The van der Waals surface area contributed by atoms with E-state index in [4.69, 9.17) is 5.73 Å². The molecule has 0 bridgehead atoms. The van der Waals surface area contributed by atoms with Gasteiger partial charge in [-0.05, 0) is 18.4 Å². The lowest BCUT2D eigenvalue weighted by Crippen LogP contribution is -2.33. The Bertz CT molecular complexity index is 351. The number of benzene rings is 1. The van der Waals surface area contributed by atoms with Crippen LogP contribution in [0, 0.1) is 0 Å². The Morgan fingerprint density at radius 2 is 1.94 bits per heavy atom. The first-order valence-electron chi connectivity index (χ1n) is 6.77. The summed E-state index contributed by atoms with van der Waals surface area (Å²) >= 11 is 0. The van der Waals surface area contributed by atoms with Crippen LogP contribution in [0.1, 0.15) is 51.1 Å². The number of carbonyl (C=O) groups excluding carboxylic acids is 1. The van der Waals surface area contributed by atoms with Gasteiger partial charge in [-0.2, -0.15) is 0 Å². The van der Waals surface area contributed by atoms with Crippen molar-refractivity contribution < 1.29 is 4.79 Å². The van der Waals surface area contributed by atoms with E-state index in [0.29, 0.717) is 6.42 Å². The minimum atomic E-state index is -0.0247. The van der Waals surface area contributed by atoms with Crippen molar-refractivity contribution in [2.45, 2.75) is 51.6 Å². The van der Waals surface area contributed by atoms with Crippen LogP contribution in [-0.2, 0) is 4.79 Å². The normalized spacial score (nSPS) is 13.9. The highest BCUT2D eigenvalue weighted by atomic mass is 16.1. The van der Waals surface area contributed by atoms with E-state index in [-0.39, 0.29) is 18.0 Å². The molecule has 0 aromatic heterocycles. The fourth-order valence-electron chi connectivity index (χ4n) is 2.07.